The van der Waals surface area contributed by atoms with E-state index in [2.05, 4.69) is 9.97 Å². The van der Waals surface area contributed by atoms with Gasteiger partial charge in [-0.2, -0.15) is 0 Å². The summed E-state index contributed by atoms with van der Waals surface area (Å²) in [6.45, 7) is 3.97. The lowest BCUT2D eigenvalue weighted by Crippen LogP contribution is -2.45. The van der Waals surface area contributed by atoms with Crippen molar-refractivity contribution >= 4 is 5.91 Å². The van der Waals surface area contributed by atoms with Gasteiger partial charge in [0.2, 0.25) is 11.8 Å². The molecule has 1 saturated heterocycles. The maximum absolute atomic E-state index is 12.6. The zero-order valence-electron chi connectivity index (χ0n) is 14.4. The third-order valence-electron chi connectivity index (χ3n) is 4.16. The summed E-state index contributed by atoms with van der Waals surface area (Å²) in [4.78, 5) is 22.4. The lowest BCUT2D eigenvalue weighted by Gasteiger charge is -2.32. The summed E-state index contributed by atoms with van der Waals surface area (Å²) in [5.41, 5.74) is 0.993. The van der Waals surface area contributed by atoms with Crippen molar-refractivity contribution in [2.45, 2.75) is 32.3 Å². The second-order valence-corrected chi connectivity index (χ2v) is 6.02. The molecule has 132 valence electrons. The number of rotatable bonds is 6. The number of carbonyl (C=O) groups excluding carboxylic acids is 1. The zero-order valence-corrected chi connectivity index (χ0v) is 14.4. The number of amides is 1. The first-order chi connectivity index (χ1) is 12.2. The number of hydrogen-bond acceptors (Lipinski definition) is 5. The maximum Gasteiger partial charge on any atom is 0.227 e. The van der Waals surface area contributed by atoms with Crippen molar-refractivity contribution in [1.82, 2.24) is 14.9 Å². The summed E-state index contributed by atoms with van der Waals surface area (Å²) in [5, 5.41) is 0. The Bertz CT molecular complexity index is 676. The van der Waals surface area contributed by atoms with Gasteiger partial charge in [-0.1, -0.05) is 12.1 Å². The number of likely N-dealkylation sites (tertiary alicyclic amines) is 1. The van der Waals surface area contributed by atoms with Crippen LogP contribution in [-0.2, 0) is 11.2 Å². The topological polar surface area (TPSA) is 64.5 Å². The molecule has 0 N–H and O–H groups in total. The highest BCUT2D eigenvalue weighted by atomic mass is 16.5. The molecule has 25 heavy (non-hydrogen) atoms. The molecule has 1 aromatic heterocycles. The first kappa shape index (κ1) is 17.2. The SMILES string of the molecule is CCOc1ccc(CC(=O)N2CCCC(Oc3ccncn3)C2)cc1. The first-order valence-electron chi connectivity index (χ1n) is 8.67. The number of hydrogen-bond donors (Lipinski definition) is 0. The van der Waals surface area contributed by atoms with Crippen LogP contribution in [0.4, 0.5) is 0 Å². The summed E-state index contributed by atoms with van der Waals surface area (Å²) in [5.74, 6) is 1.51. The number of ether oxygens (including phenoxy) is 2. The van der Waals surface area contributed by atoms with E-state index in [0.717, 1.165) is 30.7 Å². The highest BCUT2D eigenvalue weighted by Gasteiger charge is 2.25. The van der Waals surface area contributed by atoms with E-state index in [1.54, 1.807) is 12.3 Å². The van der Waals surface area contributed by atoms with Gasteiger partial charge in [-0.3, -0.25) is 4.79 Å². The standard InChI is InChI=1S/C19H23N3O3/c1-2-24-16-7-5-15(6-8-16)12-19(23)22-11-3-4-17(13-22)25-18-9-10-20-14-21-18/h5-10,14,17H,2-4,11-13H2,1H3. The van der Waals surface area contributed by atoms with Crippen LogP contribution in [0.5, 0.6) is 11.6 Å². The summed E-state index contributed by atoms with van der Waals surface area (Å²) in [6.07, 6.45) is 5.36. The van der Waals surface area contributed by atoms with E-state index in [4.69, 9.17) is 9.47 Å². The molecule has 0 spiro atoms. The van der Waals surface area contributed by atoms with Crippen LogP contribution >= 0.6 is 0 Å². The molecule has 0 bridgehead atoms. The second-order valence-electron chi connectivity index (χ2n) is 6.02. The lowest BCUT2D eigenvalue weighted by molar-refractivity contribution is -0.133. The molecule has 1 aromatic carbocycles. The molecule has 1 aliphatic heterocycles. The van der Waals surface area contributed by atoms with E-state index in [0.29, 0.717) is 25.5 Å². The van der Waals surface area contributed by atoms with Gasteiger partial charge in [0.1, 0.15) is 18.2 Å². The van der Waals surface area contributed by atoms with E-state index in [-0.39, 0.29) is 12.0 Å². The third-order valence-corrected chi connectivity index (χ3v) is 4.16. The zero-order chi connectivity index (χ0) is 17.5. The fraction of sp³-hybridized carbons (Fsp3) is 0.421. The highest BCUT2D eigenvalue weighted by Crippen LogP contribution is 2.18. The fourth-order valence-electron chi connectivity index (χ4n) is 2.94. The van der Waals surface area contributed by atoms with Crippen LogP contribution in [0.2, 0.25) is 0 Å². The third kappa shape index (κ3) is 4.92. The number of aromatic nitrogens is 2. The summed E-state index contributed by atoms with van der Waals surface area (Å²) in [6, 6.07) is 9.44. The van der Waals surface area contributed by atoms with Gasteiger partial charge in [-0.05, 0) is 37.5 Å². The van der Waals surface area contributed by atoms with Gasteiger partial charge in [0, 0.05) is 18.8 Å². The molecule has 1 atom stereocenters. The van der Waals surface area contributed by atoms with Crippen LogP contribution in [0.25, 0.3) is 0 Å². The first-order valence-corrected chi connectivity index (χ1v) is 8.67. The number of carbonyl (C=O) groups is 1. The molecule has 6 nitrogen and oxygen atoms in total. The van der Waals surface area contributed by atoms with Gasteiger partial charge in [-0.25, -0.2) is 9.97 Å². The van der Waals surface area contributed by atoms with Crippen LogP contribution < -0.4 is 9.47 Å². The molecule has 2 heterocycles. The molecule has 1 fully saturated rings. The minimum Gasteiger partial charge on any atom is -0.494 e. The van der Waals surface area contributed by atoms with Crippen LogP contribution in [0.15, 0.2) is 42.9 Å². The number of piperidine rings is 1. The van der Waals surface area contributed by atoms with Gasteiger partial charge in [0.15, 0.2) is 0 Å². The smallest absolute Gasteiger partial charge is 0.227 e. The Hall–Kier alpha value is -2.63. The van der Waals surface area contributed by atoms with E-state index in [9.17, 15) is 4.79 Å². The minimum atomic E-state index is -0.0204. The largest absolute Gasteiger partial charge is 0.494 e. The maximum atomic E-state index is 12.6. The highest BCUT2D eigenvalue weighted by molar-refractivity contribution is 5.79. The molecule has 1 unspecified atom stereocenters. The Labute approximate surface area is 147 Å². The van der Waals surface area contributed by atoms with Crippen molar-refractivity contribution in [3.63, 3.8) is 0 Å². The molecule has 2 aromatic rings. The van der Waals surface area contributed by atoms with E-state index in [1.807, 2.05) is 36.1 Å². The Kier molecular flexibility index (Phi) is 5.82. The molecule has 0 aliphatic carbocycles. The van der Waals surface area contributed by atoms with Crippen LogP contribution in [0, 0.1) is 0 Å². The number of nitrogens with zero attached hydrogens (tertiary/aromatic N) is 3. The average Bonchev–Trinajstić information content (AvgIpc) is 2.65. The van der Waals surface area contributed by atoms with Gasteiger partial charge in [0.25, 0.3) is 0 Å². The molecule has 6 heteroatoms. The summed E-state index contributed by atoms with van der Waals surface area (Å²) < 4.78 is 11.3. The van der Waals surface area contributed by atoms with Crippen LogP contribution in [0.1, 0.15) is 25.3 Å². The molecule has 1 amide bonds. The van der Waals surface area contributed by atoms with Crippen LogP contribution in [-0.4, -0.2) is 46.6 Å². The Morgan fingerprint density at radius 1 is 1.28 bits per heavy atom. The number of benzene rings is 1. The van der Waals surface area contributed by atoms with Gasteiger partial charge < -0.3 is 14.4 Å². The van der Waals surface area contributed by atoms with E-state index < -0.39 is 0 Å². The molecular weight excluding hydrogens is 318 g/mol. The van der Waals surface area contributed by atoms with E-state index in [1.165, 1.54) is 6.33 Å². The predicted molar refractivity (Wildman–Crippen MR) is 93.6 cm³/mol. The molecule has 0 saturated carbocycles. The van der Waals surface area contributed by atoms with Crippen molar-refractivity contribution in [2.24, 2.45) is 0 Å². The summed E-state index contributed by atoms with van der Waals surface area (Å²) >= 11 is 0. The Balaban J connectivity index is 1.54. The minimum absolute atomic E-state index is 0.0204. The molecular formula is C19H23N3O3. The average molecular weight is 341 g/mol. The van der Waals surface area contributed by atoms with Crippen LogP contribution in [0.3, 0.4) is 0 Å². The Morgan fingerprint density at radius 3 is 2.84 bits per heavy atom. The van der Waals surface area contributed by atoms with Crippen molar-refractivity contribution in [3.05, 3.63) is 48.4 Å². The molecule has 3 rings (SSSR count). The Morgan fingerprint density at radius 2 is 2.12 bits per heavy atom. The van der Waals surface area contributed by atoms with E-state index >= 15 is 0 Å². The molecule has 1 aliphatic rings. The normalized spacial score (nSPS) is 17.2. The monoisotopic (exact) mass is 341 g/mol. The molecule has 0 radical (unpaired) electrons. The van der Waals surface area contributed by atoms with Crippen molar-refractivity contribution in [3.8, 4) is 11.6 Å². The summed E-state index contributed by atoms with van der Waals surface area (Å²) in [7, 11) is 0. The van der Waals surface area contributed by atoms with Crippen molar-refractivity contribution < 1.29 is 14.3 Å². The lowest BCUT2D eigenvalue weighted by atomic mass is 10.1. The van der Waals surface area contributed by atoms with Gasteiger partial charge in [0.05, 0.1) is 19.6 Å². The van der Waals surface area contributed by atoms with Crippen molar-refractivity contribution in [1.29, 1.82) is 0 Å². The predicted octanol–water partition coefficient (Wildman–Crippen LogP) is 2.49. The quantitative estimate of drug-likeness (QED) is 0.808. The van der Waals surface area contributed by atoms with Gasteiger partial charge in [-0.15, -0.1) is 0 Å². The van der Waals surface area contributed by atoms with Gasteiger partial charge >= 0.3 is 0 Å². The fourth-order valence-corrected chi connectivity index (χ4v) is 2.94. The second kappa shape index (κ2) is 8.46. The van der Waals surface area contributed by atoms with Crippen molar-refractivity contribution in [2.75, 3.05) is 19.7 Å².